The summed E-state index contributed by atoms with van der Waals surface area (Å²) in [5.74, 6) is -2.82. The molecular weight excluding hydrogens is 672 g/mol. The normalized spacial score (nSPS) is 22.9. The lowest BCUT2D eigenvalue weighted by Crippen LogP contribution is -2.57. The van der Waals surface area contributed by atoms with Gasteiger partial charge in [0.05, 0.1) is 24.8 Å². The number of carbonyl (C=O) groups excluding carboxylic acids is 5. The van der Waals surface area contributed by atoms with E-state index in [2.05, 4.69) is 36.9 Å². The van der Waals surface area contributed by atoms with Gasteiger partial charge >= 0.3 is 5.97 Å². The van der Waals surface area contributed by atoms with E-state index in [1.807, 2.05) is 30.3 Å². The third-order valence-electron chi connectivity index (χ3n) is 9.36. The molecule has 2 aliphatic heterocycles. The van der Waals surface area contributed by atoms with Crippen LogP contribution in [0.15, 0.2) is 36.5 Å². The van der Waals surface area contributed by atoms with Gasteiger partial charge in [0.1, 0.15) is 18.1 Å². The Labute approximate surface area is 303 Å². The quantitative estimate of drug-likeness (QED) is 0.200. The minimum Gasteiger partial charge on any atom is -0.480 e. The van der Waals surface area contributed by atoms with Gasteiger partial charge in [-0.15, -0.1) is 5.10 Å². The van der Waals surface area contributed by atoms with Crippen LogP contribution in [0, 0.1) is 0 Å². The van der Waals surface area contributed by atoms with E-state index in [4.69, 9.17) is 0 Å². The molecule has 1 saturated heterocycles. The Balaban J connectivity index is 1.55. The minimum atomic E-state index is -1.02. The number of hydrogen-bond acceptors (Lipinski definition) is 10. The van der Waals surface area contributed by atoms with Crippen LogP contribution < -0.4 is 26.6 Å². The van der Waals surface area contributed by atoms with Gasteiger partial charge in [0.15, 0.2) is 0 Å². The van der Waals surface area contributed by atoms with Crippen LogP contribution in [0.4, 0.5) is 0 Å². The highest BCUT2D eigenvalue weighted by atomic mass is 16.4. The summed E-state index contributed by atoms with van der Waals surface area (Å²) in [4.78, 5) is 81.7. The first-order chi connectivity index (χ1) is 25.0. The van der Waals surface area contributed by atoms with Gasteiger partial charge in [0, 0.05) is 58.2 Å². The SMILES string of the molecule is CN[C@@H](C)C(=O)N[C@H]1CCCCNC(=O)CCc2cn(nn2)CCN(CC(=O)O)CCNC(=O)[C@H](Cc2ccccc2)NC(=O)[C@@H]2CCCN2C1=O. The van der Waals surface area contributed by atoms with Crippen molar-refractivity contribution in [1.82, 2.24) is 51.4 Å². The molecule has 1 aromatic heterocycles. The topological polar surface area (TPSA) is 220 Å². The summed E-state index contributed by atoms with van der Waals surface area (Å²) in [5.41, 5.74) is 1.45. The highest BCUT2D eigenvalue weighted by molar-refractivity contribution is 5.95. The maximum atomic E-state index is 14.0. The summed E-state index contributed by atoms with van der Waals surface area (Å²) >= 11 is 0. The van der Waals surface area contributed by atoms with Gasteiger partial charge in [-0.25, -0.2) is 0 Å². The molecule has 0 unspecified atom stereocenters. The van der Waals surface area contributed by atoms with Gasteiger partial charge in [-0.2, -0.15) is 0 Å². The van der Waals surface area contributed by atoms with E-state index < -0.39 is 42.0 Å². The van der Waals surface area contributed by atoms with Crippen molar-refractivity contribution in [1.29, 1.82) is 0 Å². The zero-order valence-corrected chi connectivity index (χ0v) is 30.0. The van der Waals surface area contributed by atoms with Gasteiger partial charge in [0.25, 0.3) is 0 Å². The second kappa shape index (κ2) is 20.2. The van der Waals surface area contributed by atoms with Crippen molar-refractivity contribution in [2.75, 3.05) is 46.3 Å². The van der Waals surface area contributed by atoms with Crippen molar-refractivity contribution >= 4 is 35.5 Å². The van der Waals surface area contributed by atoms with E-state index in [0.717, 1.165) is 5.56 Å². The third kappa shape index (κ3) is 12.4. The van der Waals surface area contributed by atoms with E-state index in [9.17, 15) is 33.9 Å². The molecule has 52 heavy (non-hydrogen) atoms. The fourth-order valence-electron chi connectivity index (χ4n) is 6.27. The van der Waals surface area contributed by atoms with E-state index in [-0.39, 0.29) is 50.2 Å². The number of aryl methyl sites for hydroxylation is 1. The summed E-state index contributed by atoms with van der Waals surface area (Å²) in [5, 5.41) is 32.1. The van der Waals surface area contributed by atoms with Crippen LogP contribution in [0.3, 0.4) is 0 Å². The molecule has 6 N–H and O–H groups in total. The zero-order chi connectivity index (χ0) is 37.5. The standard InChI is InChI=1S/C35H52N10O7/c1-24(36-2)32(49)39-27-11-6-7-15-37-30(46)14-13-26-22-44(42-41-26)20-19-43(23-31(47)48)18-16-38-33(50)28(21-25-9-4-3-5-10-25)40-34(51)29-12-8-17-45(29)35(27)52/h3-5,9-10,22,24,27-29,36H,6-8,11-21,23H2,1-2H3,(H,37,46)(H,38,50)(H,39,49)(H,40,51)(H,47,48)/t24-,27-,28-,29-/m0/s1. The molecule has 0 spiro atoms. The first kappa shape index (κ1) is 39.9. The zero-order valence-electron chi connectivity index (χ0n) is 30.0. The van der Waals surface area contributed by atoms with Crippen molar-refractivity contribution < 1.29 is 33.9 Å². The highest BCUT2D eigenvalue weighted by Crippen LogP contribution is 2.21. The molecule has 1 aromatic carbocycles. The summed E-state index contributed by atoms with van der Waals surface area (Å²) in [6.45, 7) is 3.13. The molecule has 1 fully saturated rings. The number of likely N-dealkylation sites (N-methyl/N-ethyl adjacent to an activating group) is 1. The van der Waals surface area contributed by atoms with Crippen LogP contribution in [0.25, 0.3) is 0 Å². The number of carboxylic acid groups (broad SMARTS) is 1. The second-order valence-electron chi connectivity index (χ2n) is 13.3. The maximum Gasteiger partial charge on any atom is 0.317 e. The van der Waals surface area contributed by atoms with Gasteiger partial charge in [-0.3, -0.25) is 38.3 Å². The molecule has 3 heterocycles. The number of amides is 5. The van der Waals surface area contributed by atoms with E-state index in [0.29, 0.717) is 70.4 Å². The number of aromatic nitrogens is 3. The smallest absolute Gasteiger partial charge is 0.317 e. The molecule has 0 aliphatic carbocycles. The lowest BCUT2D eigenvalue weighted by atomic mass is 10.0. The number of nitrogens with one attached hydrogen (secondary N) is 5. The van der Waals surface area contributed by atoms with Crippen LogP contribution in [0.2, 0.25) is 0 Å². The molecule has 2 aromatic rings. The molecule has 284 valence electrons. The van der Waals surface area contributed by atoms with Crippen LogP contribution in [0.5, 0.6) is 0 Å². The van der Waals surface area contributed by atoms with Gasteiger partial charge < -0.3 is 36.6 Å². The van der Waals surface area contributed by atoms with Crippen molar-refractivity contribution in [3.63, 3.8) is 0 Å². The number of rotatable bonds is 7. The van der Waals surface area contributed by atoms with Crippen molar-refractivity contribution in [3.05, 3.63) is 47.8 Å². The third-order valence-corrected chi connectivity index (χ3v) is 9.36. The minimum absolute atomic E-state index is 0.117. The van der Waals surface area contributed by atoms with Crippen LogP contribution in [0.1, 0.15) is 56.7 Å². The molecule has 0 saturated carbocycles. The van der Waals surface area contributed by atoms with Crippen molar-refractivity contribution in [3.8, 4) is 0 Å². The number of aliphatic carboxylic acids is 1. The Morgan fingerprint density at radius 2 is 1.73 bits per heavy atom. The molecule has 2 aliphatic rings. The Morgan fingerprint density at radius 3 is 2.48 bits per heavy atom. The van der Waals surface area contributed by atoms with E-state index in [1.54, 1.807) is 29.7 Å². The lowest BCUT2D eigenvalue weighted by Gasteiger charge is -2.30. The van der Waals surface area contributed by atoms with E-state index in [1.165, 1.54) is 4.90 Å². The highest BCUT2D eigenvalue weighted by Gasteiger charge is 2.39. The molecule has 4 rings (SSSR count). The Morgan fingerprint density at radius 1 is 0.942 bits per heavy atom. The van der Waals surface area contributed by atoms with Gasteiger partial charge in [-0.05, 0) is 51.6 Å². The predicted octanol–water partition coefficient (Wildman–Crippen LogP) is -1.18. The molecule has 2 bridgehead atoms. The number of hydrogen-bond donors (Lipinski definition) is 6. The summed E-state index contributed by atoms with van der Waals surface area (Å²) in [6, 6.07) is 6.00. The Kier molecular flexibility index (Phi) is 15.5. The summed E-state index contributed by atoms with van der Waals surface area (Å²) < 4.78 is 1.59. The first-order valence-corrected chi connectivity index (χ1v) is 18.0. The van der Waals surface area contributed by atoms with Crippen LogP contribution in [-0.2, 0) is 48.2 Å². The predicted molar refractivity (Wildman–Crippen MR) is 190 cm³/mol. The maximum absolute atomic E-state index is 14.0. The van der Waals surface area contributed by atoms with Gasteiger partial charge in [-0.1, -0.05) is 35.5 Å². The molecule has 17 nitrogen and oxygen atoms in total. The fraction of sp³-hybridized carbons (Fsp3) is 0.600. The van der Waals surface area contributed by atoms with Crippen molar-refractivity contribution in [2.45, 2.75) is 89.0 Å². The first-order valence-electron chi connectivity index (χ1n) is 18.0. The number of benzene rings is 1. The molecule has 0 radical (unpaired) electrons. The number of fused-ring (bicyclic) bond motifs is 3. The van der Waals surface area contributed by atoms with Crippen molar-refractivity contribution in [2.24, 2.45) is 0 Å². The lowest BCUT2D eigenvalue weighted by molar-refractivity contribution is -0.142. The number of carboxylic acids is 1. The van der Waals surface area contributed by atoms with E-state index >= 15 is 0 Å². The number of carbonyl (C=O) groups is 6. The summed E-state index contributed by atoms with van der Waals surface area (Å²) in [7, 11) is 1.65. The van der Waals surface area contributed by atoms with Crippen LogP contribution >= 0.6 is 0 Å². The summed E-state index contributed by atoms with van der Waals surface area (Å²) in [6.07, 6.45) is 4.87. The number of nitrogens with zero attached hydrogens (tertiary/aromatic N) is 5. The average molecular weight is 725 g/mol. The average Bonchev–Trinajstić information content (AvgIpc) is 3.81. The second-order valence-corrected chi connectivity index (χ2v) is 13.3. The molecule has 4 atom stereocenters. The molecular formula is C35H52N10O7. The van der Waals surface area contributed by atoms with Crippen LogP contribution in [-0.4, -0.2) is 136 Å². The Bertz CT molecular complexity index is 1520. The Hall–Kier alpha value is -4.90. The molecule has 5 amide bonds. The largest absolute Gasteiger partial charge is 0.480 e. The van der Waals surface area contributed by atoms with Gasteiger partial charge in [0.2, 0.25) is 29.5 Å². The molecule has 17 heteroatoms. The monoisotopic (exact) mass is 724 g/mol. The fourth-order valence-corrected chi connectivity index (χ4v) is 6.27.